The number of hydrogen-bond acceptors (Lipinski definition) is 3. The third-order valence-electron chi connectivity index (χ3n) is 3.24. The van der Waals surface area contributed by atoms with E-state index in [-0.39, 0.29) is 17.7 Å². The van der Waals surface area contributed by atoms with Gasteiger partial charge in [0, 0.05) is 19.1 Å². The zero-order chi connectivity index (χ0) is 11.5. The normalized spacial score (nSPS) is 22.9. The third-order valence-corrected chi connectivity index (χ3v) is 5.19. The van der Waals surface area contributed by atoms with E-state index in [0.29, 0.717) is 13.1 Å². The predicted molar refractivity (Wildman–Crippen MR) is 62.0 cm³/mol. The SMILES string of the molecule is CCC(C)C(N)CS(=O)(=O)N1CCCC1. The lowest BCUT2D eigenvalue weighted by molar-refractivity contribution is 0.438. The van der Waals surface area contributed by atoms with Gasteiger partial charge in [0.15, 0.2) is 0 Å². The smallest absolute Gasteiger partial charge is 0.215 e. The molecule has 1 aliphatic rings. The number of rotatable bonds is 5. The summed E-state index contributed by atoms with van der Waals surface area (Å²) >= 11 is 0. The third kappa shape index (κ3) is 3.43. The number of sulfonamides is 1. The van der Waals surface area contributed by atoms with Crippen molar-refractivity contribution in [3.63, 3.8) is 0 Å². The highest BCUT2D eigenvalue weighted by molar-refractivity contribution is 7.89. The lowest BCUT2D eigenvalue weighted by Gasteiger charge is -2.22. The molecule has 0 aromatic rings. The van der Waals surface area contributed by atoms with Crippen molar-refractivity contribution in [3.8, 4) is 0 Å². The van der Waals surface area contributed by atoms with Crippen molar-refractivity contribution in [3.05, 3.63) is 0 Å². The van der Waals surface area contributed by atoms with Gasteiger partial charge in [0.1, 0.15) is 0 Å². The van der Waals surface area contributed by atoms with E-state index in [1.807, 2.05) is 13.8 Å². The van der Waals surface area contributed by atoms with Gasteiger partial charge in [-0.15, -0.1) is 0 Å². The molecule has 2 N–H and O–H groups in total. The quantitative estimate of drug-likeness (QED) is 0.765. The molecule has 1 rings (SSSR count). The highest BCUT2D eigenvalue weighted by Crippen LogP contribution is 2.16. The van der Waals surface area contributed by atoms with Crippen LogP contribution in [0.3, 0.4) is 0 Å². The second kappa shape index (κ2) is 5.27. The first-order valence-corrected chi connectivity index (χ1v) is 7.31. The lowest BCUT2D eigenvalue weighted by Crippen LogP contribution is -2.41. The van der Waals surface area contributed by atoms with Crippen molar-refractivity contribution in [1.82, 2.24) is 4.31 Å². The highest BCUT2D eigenvalue weighted by Gasteiger charge is 2.28. The van der Waals surface area contributed by atoms with Crippen LogP contribution in [0.2, 0.25) is 0 Å². The number of nitrogens with two attached hydrogens (primary N) is 1. The molecule has 2 unspecified atom stereocenters. The van der Waals surface area contributed by atoms with E-state index < -0.39 is 10.0 Å². The van der Waals surface area contributed by atoms with Crippen molar-refractivity contribution >= 4 is 10.0 Å². The summed E-state index contributed by atoms with van der Waals surface area (Å²) < 4.78 is 25.4. The Labute approximate surface area is 92.9 Å². The van der Waals surface area contributed by atoms with E-state index in [4.69, 9.17) is 5.73 Å². The molecule has 0 bridgehead atoms. The van der Waals surface area contributed by atoms with Crippen molar-refractivity contribution in [2.45, 2.75) is 39.2 Å². The number of nitrogens with zero attached hydrogens (tertiary/aromatic N) is 1. The van der Waals surface area contributed by atoms with E-state index in [0.717, 1.165) is 19.3 Å². The molecule has 0 aliphatic carbocycles. The predicted octanol–water partition coefficient (Wildman–Crippen LogP) is 0.785. The Hall–Kier alpha value is -0.130. The van der Waals surface area contributed by atoms with Gasteiger partial charge >= 0.3 is 0 Å². The van der Waals surface area contributed by atoms with Crippen LogP contribution in [-0.2, 0) is 10.0 Å². The van der Waals surface area contributed by atoms with E-state index in [1.54, 1.807) is 4.31 Å². The van der Waals surface area contributed by atoms with E-state index >= 15 is 0 Å². The average Bonchev–Trinajstić information content (AvgIpc) is 2.69. The number of hydrogen-bond donors (Lipinski definition) is 1. The Morgan fingerprint density at radius 3 is 2.33 bits per heavy atom. The van der Waals surface area contributed by atoms with Crippen molar-refractivity contribution in [2.75, 3.05) is 18.8 Å². The minimum absolute atomic E-state index is 0.0992. The molecule has 0 aromatic carbocycles. The Balaban J connectivity index is 2.55. The molecule has 1 heterocycles. The molecule has 90 valence electrons. The molecule has 4 nitrogen and oxygen atoms in total. The van der Waals surface area contributed by atoms with Crippen molar-refractivity contribution in [1.29, 1.82) is 0 Å². The zero-order valence-corrected chi connectivity index (χ0v) is 10.5. The summed E-state index contributed by atoms with van der Waals surface area (Å²) in [5.41, 5.74) is 5.88. The van der Waals surface area contributed by atoms with Crippen LogP contribution in [0, 0.1) is 5.92 Å². The van der Waals surface area contributed by atoms with Crippen LogP contribution in [0.4, 0.5) is 0 Å². The molecule has 1 fully saturated rings. The minimum Gasteiger partial charge on any atom is -0.326 e. The summed E-state index contributed by atoms with van der Waals surface area (Å²) in [6, 6.07) is -0.236. The van der Waals surface area contributed by atoms with Crippen LogP contribution in [0.15, 0.2) is 0 Å². The highest BCUT2D eigenvalue weighted by atomic mass is 32.2. The Morgan fingerprint density at radius 2 is 1.87 bits per heavy atom. The van der Waals surface area contributed by atoms with Gasteiger partial charge in [-0.05, 0) is 18.8 Å². The van der Waals surface area contributed by atoms with E-state index in [9.17, 15) is 8.42 Å². The van der Waals surface area contributed by atoms with Crippen molar-refractivity contribution in [2.24, 2.45) is 11.7 Å². The Bertz CT molecular complexity index is 284. The summed E-state index contributed by atoms with van der Waals surface area (Å²) in [5, 5.41) is 0. The van der Waals surface area contributed by atoms with Crippen LogP contribution in [0.25, 0.3) is 0 Å². The molecular formula is C10H22N2O2S. The second-order valence-corrected chi connectivity index (χ2v) is 6.45. The van der Waals surface area contributed by atoms with Gasteiger partial charge < -0.3 is 5.73 Å². The van der Waals surface area contributed by atoms with E-state index in [1.165, 1.54) is 0 Å². The monoisotopic (exact) mass is 234 g/mol. The van der Waals surface area contributed by atoms with Crippen LogP contribution in [0.5, 0.6) is 0 Å². The van der Waals surface area contributed by atoms with Crippen LogP contribution in [-0.4, -0.2) is 37.6 Å². The van der Waals surface area contributed by atoms with Gasteiger partial charge in [-0.3, -0.25) is 0 Å². The van der Waals surface area contributed by atoms with Gasteiger partial charge in [-0.2, -0.15) is 0 Å². The van der Waals surface area contributed by atoms with Crippen LogP contribution >= 0.6 is 0 Å². The van der Waals surface area contributed by atoms with E-state index in [2.05, 4.69) is 0 Å². The average molecular weight is 234 g/mol. The largest absolute Gasteiger partial charge is 0.326 e. The summed E-state index contributed by atoms with van der Waals surface area (Å²) in [6.45, 7) is 5.39. The molecule has 1 aliphatic heterocycles. The topological polar surface area (TPSA) is 63.4 Å². The fourth-order valence-electron chi connectivity index (χ4n) is 1.78. The molecule has 0 aromatic heterocycles. The molecule has 0 amide bonds. The van der Waals surface area contributed by atoms with Gasteiger partial charge in [-0.1, -0.05) is 20.3 Å². The van der Waals surface area contributed by atoms with Crippen molar-refractivity contribution < 1.29 is 8.42 Å². The maximum absolute atomic E-state index is 11.9. The molecule has 5 heteroatoms. The van der Waals surface area contributed by atoms with Gasteiger partial charge in [0.25, 0.3) is 0 Å². The summed E-state index contributed by atoms with van der Waals surface area (Å²) in [6.07, 6.45) is 2.90. The maximum atomic E-state index is 11.9. The molecule has 0 saturated carbocycles. The molecule has 0 spiro atoms. The maximum Gasteiger partial charge on any atom is 0.215 e. The summed E-state index contributed by atoms with van der Waals surface area (Å²) in [7, 11) is -3.11. The first-order chi connectivity index (χ1) is 6.97. The molecular weight excluding hydrogens is 212 g/mol. The first kappa shape index (κ1) is 12.9. The van der Waals surface area contributed by atoms with Gasteiger partial charge in [-0.25, -0.2) is 12.7 Å². The minimum atomic E-state index is -3.11. The van der Waals surface area contributed by atoms with Gasteiger partial charge in [0.2, 0.25) is 10.0 Å². The Morgan fingerprint density at radius 1 is 1.33 bits per heavy atom. The zero-order valence-electron chi connectivity index (χ0n) is 9.65. The Kier molecular flexibility index (Phi) is 4.55. The standard InChI is InChI=1S/C10H22N2O2S/c1-3-9(2)10(11)8-15(13,14)12-6-4-5-7-12/h9-10H,3-8,11H2,1-2H3. The molecule has 2 atom stereocenters. The molecule has 0 radical (unpaired) electrons. The van der Waals surface area contributed by atoms with Crippen LogP contribution in [0.1, 0.15) is 33.1 Å². The van der Waals surface area contributed by atoms with Gasteiger partial charge in [0.05, 0.1) is 5.75 Å². The fraction of sp³-hybridized carbons (Fsp3) is 1.00. The molecule has 1 saturated heterocycles. The molecule has 15 heavy (non-hydrogen) atoms. The fourth-order valence-corrected chi connectivity index (χ4v) is 3.62. The summed E-state index contributed by atoms with van der Waals surface area (Å²) in [5.74, 6) is 0.365. The van der Waals surface area contributed by atoms with Crippen LogP contribution < -0.4 is 5.73 Å². The second-order valence-electron chi connectivity index (χ2n) is 4.43. The first-order valence-electron chi connectivity index (χ1n) is 5.70. The summed E-state index contributed by atoms with van der Waals surface area (Å²) in [4.78, 5) is 0. The lowest BCUT2D eigenvalue weighted by atomic mass is 10.0.